The van der Waals surface area contributed by atoms with Crippen molar-refractivity contribution in [2.45, 2.75) is 90.4 Å². The minimum absolute atomic E-state index is 0.0150. The third kappa shape index (κ3) is 5.44. The normalized spacial score (nSPS) is 22.4. The van der Waals surface area contributed by atoms with Crippen LogP contribution in [-0.2, 0) is 19.4 Å². The molecule has 0 unspecified atom stereocenters. The number of carbonyl (C=O) groups excluding carboxylic acids is 2. The maximum atomic E-state index is 13.4. The molecule has 2 aliphatic carbocycles. The van der Waals surface area contributed by atoms with Crippen LogP contribution < -0.4 is 5.32 Å². The fourth-order valence-corrected chi connectivity index (χ4v) is 6.99. The number of fused-ring (bicyclic) bond motifs is 2. The molecule has 0 bridgehead atoms. The van der Waals surface area contributed by atoms with E-state index in [-0.39, 0.29) is 23.9 Å². The molecule has 1 saturated carbocycles. The number of nitrogens with one attached hydrogen (secondary N) is 2. The van der Waals surface area contributed by atoms with Crippen LogP contribution in [0.5, 0.6) is 0 Å². The Morgan fingerprint density at radius 1 is 1.10 bits per heavy atom. The van der Waals surface area contributed by atoms with Gasteiger partial charge in [0.2, 0.25) is 0 Å². The molecule has 3 aromatic rings. The number of rotatable bonds is 6. The number of hydrogen-bond donors (Lipinski definition) is 2. The van der Waals surface area contributed by atoms with E-state index in [1.165, 1.54) is 11.3 Å². The van der Waals surface area contributed by atoms with Crippen LogP contribution in [0.2, 0.25) is 0 Å². The molecule has 2 heterocycles. The van der Waals surface area contributed by atoms with Crippen LogP contribution in [0.4, 0.5) is 0 Å². The molecule has 2 amide bonds. The van der Waals surface area contributed by atoms with E-state index in [0.29, 0.717) is 23.6 Å². The molecule has 1 atom stereocenters. The molecule has 1 aliphatic heterocycles. The van der Waals surface area contributed by atoms with Crippen LogP contribution in [0, 0.1) is 5.41 Å². The second kappa shape index (κ2) is 10.8. The van der Waals surface area contributed by atoms with Gasteiger partial charge in [-0.15, -0.1) is 0 Å². The summed E-state index contributed by atoms with van der Waals surface area (Å²) in [4.78, 5) is 30.5. The fourth-order valence-electron chi connectivity index (χ4n) is 6.99. The average molecular weight is 554 g/mol. The topological polar surface area (TPSA) is 81.3 Å². The Morgan fingerprint density at radius 2 is 1.83 bits per heavy atom. The number of nitrogens with zero attached hydrogens (tertiary/aromatic N) is 3. The predicted octanol–water partition coefficient (Wildman–Crippen LogP) is 5.91. The predicted molar refractivity (Wildman–Crippen MR) is 162 cm³/mol. The molecule has 0 saturated heterocycles. The molecule has 7 nitrogen and oxygen atoms in total. The highest BCUT2D eigenvalue weighted by molar-refractivity contribution is 5.99. The number of amides is 2. The highest BCUT2D eigenvalue weighted by atomic mass is 16.2. The van der Waals surface area contributed by atoms with E-state index < -0.39 is 0 Å². The largest absolute Gasteiger partial charge is 0.349 e. The van der Waals surface area contributed by atoms with E-state index in [1.54, 1.807) is 0 Å². The maximum absolute atomic E-state index is 13.4. The quantitative estimate of drug-likeness (QED) is 0.398. The van der Waals surface area contributed by atoms with Crippen molar-refractivity contribution in [2.24, 2.45) is 5.41 Å². The summed E-state index contributed by atoms with van der Waals surface area (Å²) in [5.41, 5.74) is 8.48. The van der Waals surface area contributed by atoms with Crippen LogP contribution in [0.15, 0.2) is 42.5 Å². The van der Waals surface area contributed by atoms with Gasteiger partial charge in [0.1, 0.15) is 0 Å². The van der Waals surface area contributed by atoms with E-state index in [0.717, 1.165) is 72.9 Å². The van der Waals surface area contributed by atoms with E-state index in [1.807, 2.05) is 41.3 Å². The summed E-state index contributed by atoms with van der Waals surface area (Å²) in [6.45, 7) is 7.26. The molecule has 0 radical (unpaired) electrons. The van der Waals surface area contributed by atoms with Crippen molar-refractivity contribution < 1.29 is 9.59 Å². The first-order valence-electron chi connectivity index (χ1n) is 15.2. The van der Waals surface area contributed by atoms with Gasteiger partial charge in [-0.1, -0.05) is 32.0 Å². The van der Waals surface area contributed by atoms with E-state index in [9.17, 15) is 9.59 Å². The zero-order valence-electron chi connectivity index (χ0n) is 25.1. The standard InChI is InChI=1S/C34H43N5O2/c1-21(22-6-8-23(9-7-22)32(40)35-26-11-13-27(14-12-26)38(4)5)39-20-25-18-24(10-15-28(25)33(39)41)31-29-16-17-34(2,3)19-30(29)36-37-31/h6-10,15,18,21,26-27H,11-14,16-17,19-20H2,1-5H3,(H,35,40)(H,36,37)/t21-,26?,27?/m1/s1. The van der Waals surface area contributed by atoms with Crippen LogP contribution in [0.1, 0.15) is 102 Å². The lowest BCUT2D eigenvalue weighted by molar-refractivity contribution is 0.0715. The lowest BCUT2D eigenvalue weighted by Gasteiger charge is -2.33. The van der Waals surface area contributed by atoms with Crippen molar-refractivity contribution in [3.8, 4) is 11.3 Å². The Labute approximate surface area is 243 Å². The van der Waals surface area contributed by atoms with Crippen molar-refractivity contribution in [1.29, 1.82) is 0 Å². The monoisotopic (exact) mass is 553 g/mol. The van der Waals surface area contributed by atoms with Gasteiger partial charge in [-0.25, -0.2) is 0 Å². The smallest absolute Gasteiger partial charge is 0.255 e. The number of hydrogen-bond acceptors (Lipinski definition) is 4. The van der Waals surface area contributed by atoms with E-state index in [4.69, 9.17) is 5.10 Å². The first kappa shape index (κ1) is 27.7. The van der Waals surface area contributed by atoms with Crippen LogP contribution in [0.25, 0.3) is 11.3 Å². The lowest BCUT2D eigenvalue weighted by Crippen LogP contribution is -2.41. The Kier molecular flexibility index (Phi) is 7.26. The molecule has 7 heteroatoms. The second-order valence-corrected chi connectivity index (χ2v) is 13.4. The van der Waals surface area contributed by atoms with Gasteiger partial charge in [0.25, 0.3) is 11.8 Å². The third-order valence-electron chi connectivity index (χ3n) is 9.76. The highest BCUT2D eigenvalue weighted by Crippen LogP contribution is 2.39. The van der Waals surface area contributed by atoms with Gasteiger partial charge < -0.3 is 15.1 Å². The second-order valence-electron chi connectivity index (χ2n) is 13.4. The van der Waals surface area contributed by atoms with Gasteiger partial charge in [0.05, 0.1) is 11.7 Å². The number of aromatic nitrogens is 2. The summed E-state index contributed by atoms with van der Waals surface area (Å²) in [5.74, 6) is 0.0406. The van der Waals surface area contributed by atoms with Crippen LogP contribution >= 0.6 is 0 Å². The molecule has 2 N–H and O–H groups in total. The zero-order chi connectivity index (χ0) is 28.9. The van der Waals surface area contributed by atoms with Crippen molar-refractivity contribution >= 4 is 11.8 Å². The van der Waals surface area contributed by atoms with Gasteiger partial charge in [0.15, 0.2) is 0 Å². The number of benzene rings is 2. The molecule has 41 heavy (non-hydrogen) atoms. The SMILES string of the molecule is C[C@H](c1ccc(C(=O)NC2CCC(N(C)C)CC2)cc1)N1Cc2cc(-c3n[nH]c4c3CCC(C)(C)C4)ccc2C1=O. The summed E-state index contributed by atoms with van der Waals surface area (Å²) in [7, 11) is 4.26. The van der Waals surface area contributed by atoms with Gasteiger partial charge in [-0.05, 0) is 107 Å². The van der Waals surface area contributed by atoms with Crippen molar-refractivity contribution in [3.63, 3.8) is 0 Å². The van der Waals surface area contributed by atoms with E-state index >= 15 is 0 Å². The summed E-state index contributed by atoms with van der Waals surface area (Å²) in [5, 5.41) is 11.2. The van der Waals surface area contributed by atoms with Crippen LogP contribution in [0.3, 0.4) is 0 Å². The van der Waals surface area contributed by atoms with Crippen LogP contribution in [-0.4, -0.2) is 58.0 Å². The molecule has 3 aliphatic rings. The summed E-state index contributed by atoms with van der Waals surface area (Å²) in [6.07, 6.45) is 7.46. The molecule has 1 fully saturated rings. The fraction of sp³-hybridized carbons (Fsp3) is 0.500. The molecular formula is C34H43N5O2. The average Bonchev–Trinajstić information content (AvgIpc) is 3.52. The number of H-pyrrole nitrogens is 1. The van der Waals surface area contributed by atoms with Gasteiger partial charge >= 0.3 is 0 Å². The Hall–Kier alpha value is -3.45. The maximum Gasteiger partial charge on any atom is 0.255 e. The summed E-state index contributed by atoms with van der Waals surface area (Å²) >= 11 is 0. The Balaban J connectivity index is 1.11. The van der Waals surface area contributed by atoms with E-state index in [2.05, 4.69) is 56.2 Å². The van der Waals surface area contributed by atoms with Gasteiger partial charge in [-0.3, -0.25) is 14.7 Å². The molecule has 1 aromatic heterocycles. The number of aromatic amines is 1. The summed E-state index contributed by atoms with van der Waals surface area (Å²) in [6, 6.07) is 14.7. The van der Waals surface area contributed by atoms with Gasteiger partial charge in [-0.2, -0.15) is 5.10 Å². The van der Waals surface area contributed by atoms with Crippen molar-refractivity contribution in [2.75, 3.05) is 14.1 Å². The number of carbonyl (C=O) groups is 2. The summed E-state index contributed by atoms with van der Waals surface area (Å²) < 4.78 is 0. The molecule has 216 valence electrons. The highest BCUT2D eigenvalue weighted by Gasteiger charge is 2.33. The first-order chi connectivity index (χ1) is 19.6. The lowest BCUT2D eigenvalue weighted by atomic mass is 9.76. The Morgan fingerprint density at radius 3 is 2.54 bits per heavy atom. The molecule has 0 spiro atoms. The van der Waals surface area contributed by atoms with Gasteiger partial charge in [0, 0.05) is 46.6 Å². The molecule has 6 rings (SSSR count). The molecule has 2 aromatic carbocycles. The first-order valence-corrected chi connectivity index (χ1v) is 15.2. The van der Waals surface area contributed by atoms with Crippen molar-refractivity contribution in [3.05, 3.63) is 76.0 Å². The third-order valence-corrected chi connectivity index (χ3v) is 9.76. The molecular weight excluding hydrogens is 510 g/mol. The minimum Gasteiger partial charge on any atom is -0.349 e. The Bertz CT molecular complexity index is 1450. The zero-order valence-corrected chi connectivity index (χ0v) is 25.1. The minimum atomic E-state index is -0.0999. The van der Waals surface area contributed by atoms with Crippen molar-refractivity contribution in [1.82, 2.24) is 25.3 Å².